The molecule has 1 atom stereocenters. The Morgan fingerprint density at radius 1 is 1.45 bits per heavy atom. The number of allylic oxidation sites excluding steroid dienone is 8. The molecule has 0 amide bonds. The average molecular weight is 270 g/mol. The van der Waals surface area contributed by atoms with Gasteiger partial charge < -0.3 is 0 Å². The molecule has 0 spiro atoms. The van der Waals surface area contributed by atoms with Crippen molar-refractivity contribution in [1.82, 2.24) is 0 Å². The van der Waals surface area contributed by atoms with Crippen molar-refractivity contribution in [3.8, 4) is 0 Å². The second kappa shape index (κ2) is 7.47. The Balaban J connectivity index is 2.63. The SMILES string of the molecule is C=CC(=C)CC/C=C(C)/C=C/C1C(C)=CCCC1(C)C. The molecule has 0 aromatic rings. The summed E-state index contributed by atoms with van der Waals surface area (Å²) in [5, 5.41) is 0. The van der Waals surface area contributed by atoms with E-state index in [4.69, 9.17) is 0 Å². The number of hydrogen-bond acceptors (Lipinski definition) is 0. The van der Waals surface area contributed by atoms with Gasteiger partial charge in [0.1, 0.15) is 0 Å². The van der Waals surface area contributed by atoms with E-state index in [-0.39, 0.29) is 0 Å². The predicted octanol–water partition coefficient (Wildman–Crippen LogP) is 6.39. The van der Waals surface area contributed by atoms with Crippen LogP contribution in [-0.4, -0.2) is 0 Å². The third kappa shape index (κ3) is 5.00. The first-order valence-electron chi connectivity index (χ1n) is 7.68. The molecule has 0 bridgehead atoms. The lowest BCUT2D eigenvalue weighted by molar-refractivity contribution is 0.255. The van der Waals surface area contributed by atoms with Crippen molar-refractivity contribution in [3.05, 3.63) is 60.3 Å². The Labute approximate surface area is 125 Å². The van der Waals surface area contributed by atoms with Crippen LogP contribution in [0, 0.1) is 11.3 Å². The molecule has 20 heavy (non-hydrogen) atoms. The Morgan fingerprint density at radius 3 is 2.75 bits per heavy atom. The minimum absolute atomic E-state index is 0.382. The second-order valence-electron chi connectivity index (χ2n) is 6.66. The standard InChI is InChI=1S/C20H30/c1-7-16(2)10-8-11-17(3)13-14-19-18(4)12-9-15-20(19,5)6/h7,11-14,19H,1-2,8-10,15H2,3-6H3/b14-13+,17-11+. The summed E-state index contributed by atoms with van der Waals surface area (Å²) in [5.41, 5.74) is 4.36. The van der Waals surface area contributed by atoms with E-state index in [1.54, 1.807) is 0 Å². The van der Waals surface area contributed by atoms with Gasteiger partial charge >= 0.3 is 0 Å². The van der Waals surface area contributed by atoms with E-state index in [0.717, 1.165) is 18.4 Å². The lowest BCUT2D eigenvalue weighted by Crippen LogP contribution is -2.26. The first-order chi connectivity index (χ1) is 9.36. The average Bonchev–Trinajstić information content (AvgIpc) is 2.37. The van der Waals surface area contributed by atoms with Gasteiger partial charge in [0.05, 0.1) is 0 Å². The predicted molar refractivity (Wildman–Crippen MR) is 91.7 cm³/mol. The molecule has 0 heteroatoms. The van der Waals surface area contributed by atoms with Crippen molar-refractivity contribution in [2.45, 2.75) is 53.4 Å². The van der Waals surface area contributed by atoms with Crippen molar-refractivity contribution in [2.75, 3.05) is 0 Å². The van der Waals surface area contributed by atoms with Gasteiger partial charge in [-0.15, -0.1) is 0 Å². The molecule has 0 aromatic heterocycles. The zero-order valence-electron chi connectivity index (χ0n) is 13.7. The lowest BCUT2D eigenvalue weighted by atomic mass is 9.68. The zero-order valence-corrected chi connectivity index (χ0v) is 13.7. The second-order valence-corrected chi connectivity index (χ2v) is 6.66. The van der Waals surface area contributed by atoms with Gasteiger partial charge in [-0.2, -0.15) is 0 Å². The van der Waals surface area contributed by atoms with Crippen LogP contribution in [0.5, 0.6) is 0 Å². The summed E-state index contributed by atoms with van der Waals surface area (Å²) in [4.78, 5) is 0. The van der Waals surface area contributed by atoms with Crippen LogP contribution in [-0.2, 0) is 0 Å². The molecule has 0 aliphatic heterocycles. The molecule has 0 N–H and O–H groups in total. The highest BCUT2D eigenvalue weighted by atomic mass is 14.3. The molecule has 110 valence electrons. The molecule has 0 saturated carbocycles. The monoisotopic (exact) mass is 270 g/mol. The minimum atomic E-state index is 0.382. The highest BCUT2D eigenvalue weighted by Crippen LogP contribution is 2.41. The summed E-state index contributed by atoms with van der Waals surface area (Å²) in [5.74, 6) is 0.572. The molecule has 1 unspecified atom stereocenters. The molecule has 0 saturated heterocycles. The Morgan fingerprint density at radius 2 is 2.15 bits per heavy atom. The molecule has 1 aliphatic carbocycles. The molecule has 0 heterocycles. The van der Waals surface area contributed by atoms with Crippen LogP contribution in [0.25, 0.3) is 0 Å². The van der Waals surface area contributed by atoms with Gasteiger partial charge in [-0.25, -0.2) is 0 Å². The van der Waals surface area contributed by atoms with E-state index in [9.17, 15) is 0 Å². The number of hydrogen-bond donors (Lipinski definition) is 0. The molecule has 0 fully saturated rings. The van der Waals surface area contributed by atoms with Crippen molar-refractivity contribution in [3.63, 3.8) is 0 Å². The van der Waals surface area contributed by atoms with Crippen LogP contribution in [0.2, 0.25) is 0 Å². The van der Waals surface area contributed by atoms with E-state index in [1.807, 2.05) is 6.08 Å². The van der Waals surface area contributed by atoms with Gasteiger partial charge in [-0.1, -0.05) is 74.1 Å². The van der Waals surface area contributed by atoms with Crippen LogP contribution in [0.1, 0.15) is 53.4 Å². The maximum atomic E-state index is 3.95. The van der Waals surface area contributed by atoms with Gasteiger partial charge in [0.25, 0.3) is 0 Å². The molecule has 0 aromatic carbocycles. The number of rotatable bonds is 6. The van der Waals surface area contributed by atoms with Gasteiger partial charge in [-0.3, -0.25) is 0 Å². The van der Waals surface area contributed by atoms with Gasteiger partial charge in [0, 0.05) is 5.92 Å². The summed E-state index contributed by atoms with van der Waals surface area (Å²) < 4.78 is 0. The summed E-state index contributed by atoms with van der Waals surface area (Å²) in [6.07, 6.45) is 15.8. The summed E-state index contributed by atoms with van der Waals surface area (Å²) in [6, 6.07) is 0. The Hall–Kier alpha value is -1.30. The maximum Gasteiger partial charge on any atom is 0.00285 e. The van der Waals surface area contributed by atoms with Crippen LogP contribution in [0.3, 0.4) is 0 Å². The van der Waals surface area contributed by atoms with E-state index < -0.39 is 0 Å². The molecule has 0 nitrogen and oxygen atoms in total. The van der Waals surface area contributed by atoms with Crippen LogP contribution in [0.15, 0.2) is 60.3 Å². The molecule has 1 rings (SSSR count). The van der Waals surface area contributed by atoms with Gasteiger partial charge in [-0.05, 0) is 44.9 Å². The van der Waals surface area contributed by atoms with Crippen LogP contribution >= 0.6 is 0 Å². The lowest BCUT2D eigenvalue weighted by Gasteiger charge is -2.36. The molecular formula is C20H30. The Kier molecular flexibility index (Phi) is 6.26. The van der Waals surface area contributed by atoms with Gasteiger partial charge in [0.2, 0.25) is 0 Å². The Bertz CT molecular complexity index is 441. The van der Waals surface area contributed by atoms with Crippen LogP contribution in [0.4, 0.5) is 0 Å². The van der Waals surface area contributed by atoms with E-state index in [2.05, 4.69) is 65.2 Å². The maximum absolute atomic E-state index is 3.95. The van der Waals surface area contributed by atoms with E-state index >= 15 is 0 Å². The quantitative estimate of drug-likeness (QED) is 0.387. The van der Waals surface area contributed by atoms with Crippen molar-refractivity contribution < 1.29 is 0 Å². The first-order valence-corrected chi connectivity index (χ1v) is 7.68. The normalized spacial score (nSPS) is 22.7. The van der Waals surface area contributed by atoms with Crippen molar-refractivity contribution in [2.24, 2.45) is 11.3 Å². The largest absolute Gasteiger partial charge is 0.0988 e. The fraction of sp³-hybridized carbons (Fsp3) is 0.500. The summed E-state index contributed by atoms with van der Waals surface area (Å²) in [6.45, 7) is 16.9. The smallest absolute Gasteiger partial charge is 0.00285 e. The van der Waals surface area contributed by atoms with Crippen molar-refractivity contribution in [1.29, 1.82) is 0 Å². The minimum Gasteiger partial charge on any atom is -0.0988 e. The van der Waals surface area contributed by atoms with E-state index in [0.29, 0.717) is 11.3 Å². The van der Waals surface area contributed by atoms with Crippen molar-refractivity contribution >= 4 is 0 Å². The first kappa shape index (κ1) is 16.8. The fourth-order valence-corrected chi connectivity index (χ4v) is 2.89. The summed E-state index contributed by atoms with van der Waals surface area (Å²) >= 11 is 0. The highest BCUT2D eigenvalue weighted by molar-refractivity contribution is 5.24. The fourth-order valence-electron chi connectivity index (χ4n) is 2.89. The topological polar surface area (TPSA) is 0 Å². The molecule has 0 radical (unpaired) electrons. The highest BCUT2D eigenvalue weighted by Gasteiger charge is 2.30. The summed E-state index contributed by atoms with van der Waals surface area (Å²) in [7, 11) is 0. The third-order valence-electron chi connectivity index (χ3n) is 4.36. The zero-order chi connectivity index (χ0) is 15.2. The van der Waals surface area contributed by atoms with Gasteiger partial charge in [0.15, 0.2) is 0 Å². The third-order valence-corrected chi connectivity index (χ3v) is 4.36. The van der Waals surface area contributed by atoms with E-state index in [1.165, 1.54) is 24.0 Å². The van der Waals surface area contributed by atoms with Crippen LogP contribution < -0.4 is 0 Å². The molecular weight excluding hydrogens is 240 g/mol. The molecule has 1 aliphatic rings.